The molecule has 2 aromatic heterocycles. The Labute approximate surface area is 205 Å². The van der Waals surface area contributed by atoms with Gasteiger partial charge in [-0.25, -0.2) is 4.98 Å². The zero-order valence-corrected chi connectivity index (χ0v) is 20.4. The topological polar surface area (TPSA) is 69.5 Å². The van der Waals surface area contributed by atoms with Gasteiger partial charge in [-0.3, -0.25) is 9.48 Å². The van der Waals surface area contributed by atoms with Crippen LogP contribution in [0, 0.1) is 6.92 Å². The van der Waals surface area contributed by atoms with Gasteiger partial charge in [-0.05, 0) is 36.6 Å². The predicted octanol–water partition coefficient (Wildman–Crippen LogP) is 4.49. The highest BCUT2D eigenvalue weighted by molar-refractivity contribution is 5.83. The van der Waals surface area contributed by atoms with Gasteiger partial charge in [0.1, 0.15) is 13.2 Å². The molecule has 1 aliphatic heterocycles. The normalized spacial score (nSPS) is 15.6. The highest BCUT2D eigenvalue weighted by Crippen LogP contribution is 2.33. The molecule has 1 amide bonds. The SMILES string of the molecule is COCC(=O)N1CCC(c2cn(C)nc2OCc2ccc(-c3nc4ccccc4cc3C)cc2)C1. The summed E-state index contributed by atoms with van der Waals surface area (Å²) in [6.07, 6.45) is 2.89. The third kappa shape index (κ3) is 4.91. The Morgan fingerprint density at radius 2 is 1.94 bits per heavy atom. The van der Waals surface area contributed by atoms with Crippen LogP contribution in [0.3, 0.4) is 0 Å². The highest BCUT2D eigenvalue weighted by Gasteiger charge is 2.30. The number of pyridine rings is 1. The number of rotatable bonds is 7. The van der Waals surface area contributed by atoms with E-state index in [1.54, 1.807) is 11.8 Å². The number of carbonyl (C=O) groups is 1. The molecule has 1 unspecified atom stereocenters. The molecule has 0 saturated carbocycles. The number of amides is 1. The van der Waals surface area contributed by atoms with Crippen LogP contribution in [0.15, 0.2) is 60.8 Å². The maximum atomic E-state index is 12.2. The molecule has 4 aromatic rings. The summed E-state index contributed by atoms with van der Waals surface area (Å²) in [6.45, 7) is 4.03. The van der Waals surface area contributed by atoms with Crippen molar-refractivity contribution in [3.63, 3.8) is 0 Å². The molecule has 180 valence electrons. The van der Waals surface area contributed by atoms with Gasteiger partial charge in [0.15, 0.2) is 0 Å². The van der Waals surface area contributed by atoms with Gasteiger partial charge < -0.3 is 14.4 Å². The summed E-state index contributed by atoms with van der Waals surface area (Å²) in [7, 11) is 3.44. The standard InChI is InChI=1S/C28H30N4O3/c1-19-14-22-6-4-5-7-25(22)29-27(19)21-10-8-20(9-11-21)17-35-28-24(16-31(2)30-28)23-12-13-32(15-23)26(33)18-34-3/h4-11,14,16,23H,12-13,15,17-18H2,1-3H3. The number of benzene rings is 2. The summed E-state index contributed by atoms with van der Waals surface area (Å²) in [5.74, 6) is 0.871. The van der Waals surface area contributed by atoms with Crippen LogP contribution in [0.1, 0.15) is 29.0 Å². The zero-order chi connectivity index (χ0) is 24.4. The van der Waals surface area contributed by atoms with Gasteiger partial charge >= 0.3 is 0 Å². The van der Waals surface area contributed by atoms with Gasteiger partial charge in [0.2, 0.25) is 11.8 Å². The summed E-state index contributed by atoms with van der Waals surface area (Å²) < 4.78 is 12.9. The van der Waals surface area contributed by atoms with E-state index in [0.29, 0.717) is 19.0 Å². The maximum Gasteiger partial charge on any atom is 0.248 e. The Kier molecular flexibility index (Phi) is 6.51. The maximum absolute atomic E-state index is 12.2. The van der Waals surface area contributed by atoms with E-state index in [0.717, 1.165) is 51.8 Å². The van der Waals surface area contributed by atoms with Crippen molar-refractivity contribution in [2.24, 2.45) is 7.05 Å². The number of nitrogens with zero attached hydrogens (tertiary/aromatic N) is 4. The number of carbonyl (C=O) groups excluding carboxylic acids is 1. The first-order valence-electron chi connectivity index (χ1n) is 11.9. The Hall–Kier alpha value is -3.71. The van der Waals surface area contributed by atoms with Crippen LogP contribution in [0.5, 0.6) is 5.88 Å². The Morgan fingerprint density at radius 1 is 1.14 bits per heavy atom. The number of aryl methyl sites for hydroxylation is 2. The number of hydrogen-bond donors (Lipinski definition) is 0. The fourth-order valence-electron chi connectivity index (χ4n) is 4.76. The molecular formula is C28H30N4O3. The number of methoxy groups -OCH3 is 1. The lowest BCUT2D eigenvalue weighted by Crippen LogP contribution is -2.31. The molecule has 7 heteroatoms. The second kappa shape index (κ2) is 9.88. The molecule has 0 aliphatic carbocycles. The van der Waals surface area contributed by atoms with Gasteiger partial charge in [0.05, 0.1) is 11.2 Å². The molecule has 7 nitrogen and oxygen atoms in total. The smallest absolute Gasteiger partial charge is 0.248 e. The van der Waals surface area contributed by atoms with Crippen LogP contribution in [-0.2, 0) is 23.2 Å². The first kappa shape index (κ1) is 23.1. The molecule has 3 heterocycles. The average molecular weight is 471 g/mol. The first-order chi connectivity index (χ1) is 17.0. The van der Waals surface area contributed by atoms with Crippen LogP contribution in [0.4, 0.5) is 0 Å². The number of hydrogen-bond acceptors (Lipinski definition) is 5. The van der Waals surface area contributed by atoms with Crippen molar-refractivity contribution >= 4 is 16.8 Å². The molecule has 0 bridgehead atoms. The molecule has 1 fully saturated rings. The monoisotopic (exact) mass is 470 g/mol. The lowest BCUT2D eigenvalue weighted by atomic mass is 10.0. The molecule has 5 rings (SSSR count). The lowest BCUT2D eigenvalue weighted by Gasteiger charge is -2.16. The molecule has 2 aromatic carbocycles. The van der Waals surface area contributed by atoms with Gasteiger partial charge in [-0.1, -0.05) is 42.5 Å². The number of fused-ring (bicyclic) bond motifs is 1. The largest absolute Gasteiger partial charge is 0.472 e. The van der Waals surface area contributed by atoms with Crippen LogP contribution in [0.2, 0.25) is 0 Å². The lowest BCUT2D eigenvalue weighted by molar-refractivity contribution is -0.134. The van der Waals surface area contributed by atoms with Gasteiger partial charge in [-0.2, -0.15) is 0 Å². The molecular weight excluding hydrogens is 440 g/mol. The van der Waals surface area contributed by atoms with Crippen molar-refractivity contribution in [1.82, 2.24) is 19.7 Å². The Bertz CT molecular complexity index is 1350. The van der Waals surface area contributed by atoms with Crippen LogP contribution < -0.4 is 4.74 Å². The number of aromatic nitrogens is 3. The quantitative estimate of drug-likeness (QED) is 0.398. The average Bonchev–Trinajstić information content (AvgIpc) is 3.49. The highest BCUT2D eigenvalue weighted by atomic mass is 16.5. The van der Waals surface area contributed by atoms with Crippen LogP contribution in [-0.4, -0.2) is 52.4 Å². The minimum absolute atomic E-state index is 0.0255. The van der Waals surface area contributed by atoms with E-state index >= 15 is 0 Å². The van der Waals surface area contributed by atoms with Crippen molar-refractivity contribution in [2.45, 2.75) is 25.9 Å². The van der Waals surface area contributed by atoms with Crippen molar-refractivity contribution < 1.29 is 14.3 Å². The summed E-state index contributed by atoms with van der Waals surface area (Å²) in [4.78, 5) is 18.9. The Morgan fingerprint density at radius 3 is 2.74 bits per heavy atom. The molecule has 35 heavy (non-hydrogen) atoms. The van der Waals surface area contributed by atoms with Crippen molar-refractivity contribution in [3.8, 4) is 17.1 Å². The summed E-state index contributed by atoms with van der Waals surface area (Å²) in [5.41, 5.74) is 6.34. The summed E-state index contributed by atoms with van der Waals surface area (Å²) >= 11 is 0. The van der Waals surface area contributed by atoms with E-state index in [9.17, 15) is 4.79 Å². The van der Waals surface area contributed by atoms with Crippen molar-refractivity contribution in [2.75, 3.05) is 26.8 Å². The fraction of sp³-hybridized carbons (Fsp3) is 0.321. The van der Waals surface area contributed by atoms with Crippen LogP contribution >= 0.6 is 0 Å². The number of likely N-dealkylation sites (tertiary alicyclic amines) is 1. The third-order valence-corrected chi connectivity index (χ3v) is 6.59. The minimum atomic E-state index is 0.0255. The molecule has 1 saturated heterocycles. The van der Waals surface area contributed by atoms with Crippen molar-refractivity contribution in [1.29, 1.82) is 0 Å². The van der Waals surface area contributed by atoms with E-state index in [-0.39, 0.29) is 18.4 Å². The summed E-state index contributed by atoms with van der Waals surface area (Å²) in [5, 5.41) is 5.69. The predicted molar refractivity (Wildman–Crippen MR) is 135 cm³/mol. The van der Waals surface area contributed by atoms with E-state index in [1.807, 2.05) is 36.3 Å². The van der Waals surface area contributed by atoms with Crippen LogP contribution in [0.25, 0.3) is 22.2 Å². The van der Waals surface area contributed by atoms with Crippen molar-refractivity contribution in [3.05, 3.63) is 77.5 Å². The summed E-state index contributed by atoms with van der Waals surface area (Å²) in [6, 6.07) is 18.7. The number of ether oxygens (including phenoxy) is 2. The first-order valence-corrected chi connectivity index (χ1v) is 11.9. The fourth-order valence-corrected chi connectivity index (χ4v) is 4.76. The molecule has 1 aliphatic rings. The van der Waals surface area contributed by atoms with E-state index in [2.05, 4.69) is 48.4 Å². The minimum Gasteiger partial charge on any atom is -0.472 e. The molecule has 0 N–H and O–H groups in total. The second-order valence-corrected chi connectivity index (χ2v) is 9.15. The zero-order valence-electron chi connectivity index (χ0n) is 20.4. The Balaban J connectivity index is 1.27. The van der Waals surface area contributed by atoms with Gasteiger partial charge in [-0.15, -0.1) is 5.10 Å². The second-order valence-electron chi connectivity index (χ2n) is 9.15. The van der Waals surface area contributed by atoms with E-state index < -0.39 is 0 Å². The molecule has 1 atom stereocenters. The van der Waals surface area contributed by atoms with E-state index in [4.69, 9.17) is 14.5 Å². The number of para-hydroxylation sites is 1. The van der Waals surface area contributed by atoms with E-state index in [1.165, 1.54) is 0 Å². The molecule has 0 spiro atoms. The third-order valence-electron chi connectivity index (χ3n) is 6.59. The van der Waals surface area contributed by atoms with Gasteiger partial charge in [0, 0.05) is 55.9 Å². The van der Waals surface area contributed by atoms with Gasteiger partial charge in [0.25, 0.3) is 0 Å². The molecule has 0 radical (unpaired) electrons.